The molecule has 2 heterocycles. The number of carbonyl (C=O) groups is 1. The molecule has 7 nitrogen and oxygen atoms in total. The highest BCUT2D eigenvalue weighted by atomic mass is 19.1. The first kappa shape index (κ1) is 18.5. The lowest BCUT2D eigenvalue weighted by atomic mass is 10.1. The maximum absolute atomic E-state index is 13.8. The third kappa shape index (κ3) is 3.64. The number of aryl methyl sites for hydroxylation is 3. The smallest absolute Gasteiger partial charge is 0.259 e. The Morgan fingerprint density at radius 2 is 1.93 bits per heavy atom. The van der Waals surface area contributed by atoms with Crippen LogP contribution in [0.5, 0.6) is 0 Å². The Kier molecular flexibility index (Phi) is 4.67. The Balaban J connectivity index is 1.67. The topological polar surface area (TPSA) is 85.8 Å². The minimum atomic E-state index is -0.496. The van der Waals surface area contributed by atoms with Crippen LogP contribution in [0.1, 0.15) is 27.5 Å². The number of benzene rings is 2. The molecule has 0 spiro atoms. The number of rotatable bonds is 4. The molecule has 0 atom stereocenters. The summed E-state index contributed by atoms with van der Waals surface area (Å²) in [6.07, 6.45) is 1.62. The molecule has 0 bridgehead atoms. The third-order valence-electron chi connectivity index (χ3n) is 4.51. The predicted molar refractivity (Wildman–Crippen MR) is 105 cm³/mol. The molecule has 1 amide bonds. The summed E-state index contributed by atoms with van der Waals surface area (Å²) in [5.74, 6) is 0.0283. The zero-order valence-electron chi connectivity index (χ0n) is 16.1. The molecule has 0 saturated heterocycles. The van der Waals surface area contributed by atoms with Gasteiger partial charge < -0.3 is 9.84 Å². The number of anilines is 1. The summed E-state index contributed by atoms with van der Waals surface area (Å²) in [6, 6.07) is 11.7. The van der Waals surface area contributed by atoms with E-state index in [1.54, 1.807) is 36.9 Å². The molecule has 0 radical (unpaired) electrons. The van der Waals surface area contributed by atoms with Crippen LogP contribution in [0, 0.1) is 26.6 Å². The molecule has 8 heteroatoms. The van der Waals surface area contributed by atoms with Gasteiger partial charge in [0, 0.05) is 18.7 Å². The van der Waals surface area contributed by atoms with Crippen molar-refractivity contribution in [3.8, 4) is 17.1 Å². The van der Waals surface area contributed by atoms with Crippen molar-refractivity contribution in [1.29, 1.82) is 0 Å². The van der Waals surface area contributed by atoms with E-state index in [4.69, 9.17) is 4.52 Å². The van der Waals surface area contributed by atoms with E-state index in [0.29, 0.717) is 23.0 Å². The predicted octanol–water partition coefficient (Wildman–Crippen LogP) is 4.24. The monoisotopic (exact) mass is 391 g/mol. The van der Waals surface area contributed by atoms with Crippen LogP contribution >= 0.6 is 0 Å². The van der Waals surface area contributed by atoms with E-state index in [9.17, 15) is 9.18 Å². The largest absolute Gasteiger partial charge is 0.339 e. The van der Waals surface area contributed by atoms with Gasteiger partial charge in [-0.15, -0.1) is 0 Å². The van der Waals surface area contributed by atoms with Crippen LogP contribution in [0.3, 0.4) is 0 Å². The Labute approximate surface area is 166 Å². The highest BCUT2D eigenvalue weighted by Crippen LogP contribution is 2.24. The van der Waals surface area contributed by atoms with Crippen molar-refractivity contribution in [1.82, 2.24) is 19.9 Å². The lowest BCUT2D eigenvalue weighted by Gasteiger charge is -2.07. The van der Waals surface area contributed by atoms with Gasteiger partial charge >= 0.3 is 0 Å². The van der Waals surface area contributed by atoms with Crippen LogP contribution in [-0.4, -0.2) is 25.8 Å². The standard InChI is InChI=1S/C21H18FN5O2/c1-12-8-9-15(20-23-14(3)29-26-20)10-19(12)27-11-16(13(2)25-27)21(28)24-18-7-5-4-6-17(18)22/h4-11H,1-3H3,(H,24,28). The number of hydrogen-bond acceptors (Lipinski definition) is 5. The number of amides is 1. The lowest BCUT2D eigenvalue weighted by Crippen LogP contribution is -2.13. The summed E-state index contributed by atoms with van der Waals surface area (Å²) in [5, 5.41) is 11.0. The lowest BCUT2D eigenvalue weighted by molar-refractivity contribution is 0.102. The van der Waals surface area contributed by atoms with Gasteiger partial charge in [-0.25, -0.2) is 9.07 Å². The summed E-state index contributed by atoms with van der Waals surface area (Å²) >= 11 is 0. The van der Waals surface area contributed by atoms with Crippen molar-refractivity contribution >= 4 is 11.6 Å². The Morgan fingerprint density at radius 3 is 2.66 bits per heavy atom. The minimum absolute atomic E-state index is 0.121. The van der Waals surface area contributed by atoms with Crippen LogP contribution in [0.15, 0.2) is 53.2 Å². The van der Waals surface area contributed by atoms with Crippen LogP contribution in [0.2, 0.25) is 0 Å². The number of halogens is 1. The number of nitrogens with one attached hydrogen (secondary N) is 1. The number of hydrogen-bond donors (Lipinski definition) is 1. The average Bonchev–Trinajstić information content (AvgIpc) is 3.30. The quantitative estimate of drug-likeness (QED) is 0.562. The van der Waals surface area contributed by atoms with Gasteiger partial charge in [-0.05, 0) is 37.6 Å². The molecule has 0 saturated carbocycles. The van der Waals surface area contributed by atoms with E-state index < -0.39 is 11.7 Å². The van der Waals surface area contributed by atoms with Gasteiger partial charge in [0.1, 0.15) is 5.82 Å². The number of aromatic nitrogens is 4. The molecule has 4 aromatic rings. The van der Waals surface area contributed by atoms with Crippen molar-refractivity contribution < 1.29 is 13.7 Å². The Bertz CT molecular complexity index is 1210. The number of carbonyl (C=O) groups excluding carboxylic acids is 1. The van der Waals surface area contributed by atoms with E-state index in [2.05, 4.69) is 20.6 Å². The first-order valence-electron chi connectivity index (χ1n) is 8.96. The second-order valence-electron chi connectivity index (χ2n) is 6.64. The molecule has 0 aliphatic rings. The van der Waals surface area contributed by atoms with E-state index in [1.165, 1.54) is 12.1 Å². The normalized spacial score (nSPS) is 10.9. The highest BCUT2D eigenvalue weighted by Gasteiger charge is 2.17. The van der Waals surface area contributed by atoms with E-state index in [-0.39, 0.29) is 5.69 Å². The van der Waals surface area contributed by atoms with Gasteiger partial charge in [0.15, 0.2) is 0 Å². The molecule has 4 rings (SSSR count). The van der Waals surface area contributed by atoms with Gasteiger partial charge in [0.2, 0.25) is 11.7 Å². The molecule has 0 aliphatic heterocycles. The highest BCUT2D eigenvalue weighted by molar-refractivity contribution is 6.05. The number of nitrogens with zero attached hydrogens (tertiary/aromatic N) is 4. The van der Waals surface area contributed by atoms with Crippen molar-refractivity contribution in [2.24, 2.45) is 0 Å². The molecular weight excluding hydrogens is 373 g/mol. The molecule has 0 fully saturated rings. The molecule has 0 aliphatic carbocycles. The van der Waals surface area contributed by atoms with Crippen LogP contribution in [0.25, 0.3) is 17.1 Å². The van der Waals surface area contributed by atoms with Gasteiger partial charge in [0.25, 0.3) is 5.91 Å². The maximum Gasteiger partial charge on any atom is 0.259 e. The van der Waals surface area contributed by atoms with E-state index in [0.717, 1.165) is 16.8 Å². The summed E-state index contributed by atoms with van der Waals surface area (Å²) in [7, 11) is 0. The van der Waals surface area contributed by atoms with Gasteiger partial charge in [0.05, 0.1) is 22.6 Å². The fraction of sp³-hybridized carbons (Fsp3) is 0.143. The first-order chi connectivity index (χ1) is 13.9. The van der Waals surface area contributed by atoms with Crippen molar-refractivity contribution in [3.63, 3.8) is 0 Å². The fourth-order valence-electron chi connectivity index (χ4n) is 2.97. The van der Waals surface area contributed by atoms with Crippen LogP contribution in [-0.2, 0) is 0 Å². The maximum atomic E-state index is 13.8. The molecule has 0 unspecified atom stereocenters. The molecule has 29 heavy (non-hydrogen) atoms. The second kappa shape index (κ2) is 7.31. The number of para-hydroxylation sites is 1. The summed E-state index contributed by atoms with van der Waals surface area (Å²) in [4.78, 5) is 16.9. The average molecular weight is 391 g/mol. The van der Waals surface area contributed by atoms with E-state index in [1.807, 2.05) is 25.1 Å². The van der Waals surface area contributed by atoms with Crippen LogP contribution in [0.4, 0.5) is 10.1 Å². The third-order valence-corrected chi connectivity index (χ3v) is 4.51. The molecule has 2 aromatic carbocycles. The van der Waals surface area contributed by atoms with Crippen molar-refractivity contribution in [3.05, 3.63) is 77.2 Å². The zero-order valence-corrected chi connectivity index (χ0v) is 16.1. The van der Waals surface area contributed by atoms with Crippen LogP contribution < -0.4 is 5.32 Å². The second-order valence-corrected chi connectivity index (χ2v) is 6.64. The Hall–Kier alpha value is -3.81. The summed E-state index contributed by atoms with van der Waals surface area (Å²) in [5.41, 5.74) is 3.51. The minimum Gasteiger partial charge on any atom is -0.339 e. The van der Waals surface area contributed by atoms with Gasteiger partial charge in [-0.1, -0.05) is 29.4 Å². The van der Waals surface area contributed by atoms with Crippen molar-refractivity contribution in [2.75, 3.05) is 5.32 Å². The summed E-state index contributed by atoms with van der Waals surface area (Å²) in [6.45, 7) is 5.40. The van der Waals surface area contributed by atoms with Crippen molar-refractivity contribution in [2.45, 2.75) is 20.8 Å². The molecule has 146 valence electrons. The first-order valence-corrected chi connectivity index (χ1v) is 8.96. The van der Waals surface area contributed by atoms with Gasteiger partial charge in [-0.2, -0.15) is 10.1 Å². The van der Waals surface area contributed by atoms with Gasteiger partial charge in [-0.3, -0.25) is 4.79 Å². The molecule has 1 N–H and O–H groups in total. The molecule has 2 aromatic heterocycles. The Morgan fingerprint density at radius 1 is 1.14 bits per heavy atom. The SMILES string of the molecule is Cc1nc(-c2ccc(C)c(-n3cc(C(=O)Nc4ccccc4F)c(C)n3)c2)no1. The molecular formula is C21H18FN5O2. The fourth-order valence-corrected chi connectivity index (χ4v) is 2.97. The van der Waals surface area contributed by atoms with E-state index >= 15 is 0 Å². The zero-order chi connectivity index (χ0) is 20.5. The summed E-state index contributed by atoms with van der Waals surface area (Å²) < 4.78 is 20.5.